The topological polar surface area (TPSA) is 95.8 Å². The van der Waals surface area contributed by atoms with E-state index in [4.69, 9.17) is 5.14 Å². The zero-order valence-electron chi connectivity index (χ0n) is 11.9. The summed E-state index contributed by atoms with van der Waals surface area (Å²) in [7, 11) is -1.91. The van der Waals surface area contributed by atoms with E-state index in [0.717, 1.165) is 23.6 Å². The molecule has 0 saturated carbocycles. The zero-order chi connectivity index (χ0) is 14.9. The van der Waals surface area contributed by atoms with Gasteiger partial charge in [0.1, 0.15) is 5.82 Å². The monoisotopic (exact) mass is 297 g/mol. The van der Waals surface area contributed by atoms with Crippen LogP contribution in [0.4, 0.5) is 0 Å². The summed E-state index contributed by atoms with van der Waals surface area (Å²) >= 11 is 0. The maximum absolute atomic E-state index is 11.4. The lowest BCUT2D eigenvalue weighted by atomic mass is 10.3. The molecule has 2 rings (SSSR count). The maximum atomic E-state index is 11.4. The van der Waals surface area contributed by atoms with Crippen LogP contribution in [0.1, 0.15) is 30.6 Å². The average Bonchev–Trinajstić information content (AvgIpc) is 2.84. The van der Waals surface area contributed by atoms with Gasteiger partial charge in [-0.3, -0.25) is 4.68 Å². The highest BCUT2D eigenvalue weighted by molar-refractivity contribution is 7.89. The Balaban J connectivity index is 2.39. The number of imidazole rings is 1. The van der Waals surface area contributed by atoms with Gasteiger partial charge in [-0.2, -0.15) is 5.10 Å². The number of nitrogens with two attached hydrogens (primary N) is 1. The minimum atomic E-state index is -3.77. The smallest absolute Gasteiger partial charge is 0.257 e. The van der Waals surface area contributed by atoms with E-state index in [1.165, 1.54) is 6.20 Å². The Labute approximate surface area is 118 Å². The summed E-state index contributed by atoms with van der Waals surface area (Å²) in [6.45, 7) is 4.46. The molecule has 0 aliphatic heterocycles. The van der Waals surface area contributed by atoms with Gasteiger partial charge in [0.2, 0.25) is 0 Å². The van der Waals surface area contributed by atoms with E-state index in [1.807, 2.05) is 31.5 Å². The van der Waals surface area contributed by atoms with Gasteiger partial charge in [-0.1, -0.05) is 6.92 Å². The number of primary sulfonamides is 1. The molecule has 7 nitrogen and oxygen atoms in total. The molecule has 0 aliphatic carbocycles. The number of rotatable bonds is 5. The Kier molecular flexibility index (Phi) is 3.96. The van der Waals surface area contributed by atoms with Gasteiger partial charge in [0, 0.05) is 19.7 Å². The number of hydrogen-bond acceptors (Lipinski definition) is 4. The number of sulfonamides is 1. The first-order chi connectivity index (χ1) is 9.31. The number of aryl methyl sites for hydroxylation is 3. The molecule has 2 aromatic rings. The Bertz CT molecular complexity index is 714. The van der Waals surface area contributed by atoms with Crippen molar-refractivity contribution in [2.45, 2.75) is 38.3 Å². The highest BCUT2D eigenvalue weighted by atomic mass is 32.2. The van der Waals surface area contributed by atoms with Gasteiger partial charge in [0.15, 0.2) is 5.03 Å². The standard InChI is InChI=1S/C12H19N5O2S/c1-4-5-11-14-12(20(13,18)19)8-17(11)7-10-6-9(2)15-16(10)3/h6,8H,4-5,7H2,1-3H3,(H2,13,18,19). The van der Waals surface area contributed by atoms with E-state index in [1.54, 1.807) is 4.68 Å². The Hall–Kier alpha value is -1.67. The van der Waals surface area contributed by atoms with E-state index in [0.29, 0.717) is 13.0 Å². The van der Waals surface area contributed by atoms with Gasteiger partial charge >= 0.3 is 0 Å². The molecule has 110 valence electrons. The maximum Gasteiger partial charge on any atom is 0.257 e. The van der Waals surface area contributed by atoms with E-state index >= 15 is 0 Å². The molecule has 0 bridgehead atoms. The van der Waals surface area contributed by atoms with Crippen LogP contribution in [0.25, 0.3) is 0 Å². The van der Waals surface area contributed by atoms with Gasteiger partial charge in [-0.15, -0.1) is 0 Å². The second-order valence-electron chi connectivity index (χ2n) is 4.82. The van der Waals surface area contributed by atoms with Gasteiger partial charge in [-0.25, -0.2) is 18.5 Å². The summed E-state index contributed by atoms with van der Waals surface area (Å²) in [6, 6.07) is 1.96. The highest BCUT2D eigenvalue weighted by Crippen LogP contribution is 2.13. The van der Waals surface area contributed by atoms with Crippen molar-refractivity contribution in [3.8, 4) is 0 Å². The number of aromatic nitrogens is 4. The van der Waals surface area contributed by atoms with Crippen molar-refractivity contribution in [1.29, 1.82) is 0 Å². The summed E-state index contributed by atoms with van der Waals surface area (Å²) in [4.78, 5) is 4.12. The summed E-state index contributed by atoms with van der Waals surface area (Å²) in [5, 5.41) is 9.34. The molecule has 0 aliphatic rings. The molecular formula is C12H19N5O2S. The summed E-state index contributed by atoms with van der Waals surface area (Å²) in [6.07, 6.45) is 3.07. The highest BCUT2D eigenvalue weighted by Gasteiger charge is 2.17. The van der Waals surface area contributed by atoms with Crippen molar-refractivity contribution in [2.24, 2.45) is 12.2 Å². The normalized spacial score (nSPS) is 12.0. The summed E-state index contributed by atoms with van der Waals surface area (Å²) < 4.78 is 26.4. The SMILES string of the molecule is CCCc1nc(S(N)(=O)=O)cn1Cc1cc(C)nn1C. The third-order valence-corrected chi connectivity index (χ3v) is 3.81. The molecular weight excluding hydrogens is 278 g/mol. The van der Waals surface area contributed by atoms with E-state index in [9.17, 15) is 8.42 Å². The van der Waals surface area contributed by atoms with E-state index in [-0.39, 0.29) is 5.03 Å². The molecule has 0 atom stereocenters. The van der Waals surface area contributed by atoms with Crippen molar-refractivity contribution >= 4 is 10.0 Å². The van der Waals surface area contributed by atoms with Crippen LogP contribution in [0.2, 0.25) is 0 Å². The molecule has 0 spiro atoms. The molecule has 2 heterocycles. The first-order valence-electron chi connectivity index (χ1n) is 6.39. The van der Waals surface area contributed by atoms with Gasteiger partial charge < -0.3 is 4.57 Å². The van der Waals surface area contributed by atoms with Crippen molar-refractivity contribution < 1.29 is 8.42 Å². The number of nitrogens with zero attached hydrogens (tertiary/aromatic N) is 4. The minimum absolute atomic E-state index is 0.0835. The van der Waals surface area contributed by atoms with Crippen molar-refractivity contribution in [1.82, 2.24) is 19.3 Å². The first kappa shape index (κ1) is 14.7. The minimum Gasteiger partial charge on any atom is -0.327 e. The quantitative estimate of drug-likeness (QED) is 0.872. The Morgan fingerprint density at radius 1 is 1.40 bits per heavy atom. The molecule has 0 amide bonds. The molecule has 2 N–H and O–H groups in total. The molecule has 0 fully saturated rings. The third-order valence-electron chi connectivity index (χ3n) is 3.03. The van der Waals surface area contributed by atoms with Crippen molar-refractivity contribution in [3.63, 3.8) is 0 Å². The fourth-order valence-electron chi connectivity index (χ4n) is 2.11. The van der Waals surface area contributed by atoms with Crippen LogP contribution in [-0.4, -0.2) is 27.7 Å². The van der Waals surface area contributed by atoms with Gasteiger partial charge in [-0.05, 0) is 19.4 Å². The molecule has 8 heteroatoms. The largest absolute Gasteiger partial charge is 0.327 e. The lowest BCUT2D eigenvalue weighted by Gasteiger charge is -2.06. The fraction of sp³-hybridized carbons (Fsp3) is 0.500. The predicted octanol–water partition coefficient (Wildman–Crippen LogP) is 0.573. The average molecular weight is 297 g/mol. The van der Waals surface area contributed by atoms with E-state index < -0.39 is 10.0 Å². The van der Waals surface area contributed by atoms with Crippen molar-refractivity contribution in [2.75, 3.05) is 0 Å². The van der Waals surface area contributed by atoms with Crippen LogP contribution in [0.15, 0.2) is 17.3 Å². The lowest BCUT2D eigenvalue weighted by Crippen LogP contribution is -2.12. The van der Waals surface area contributed by atoms with Crippen LogP contribution in [-0.2, 0) is 30.0 Å². The van der Waals surface area contributed by atoms with Crippen LogP contribution >= 0.6 is 0 Å². The van der Waals surface area contributed by atoms with Crippen molar-refractivity contribution in [3.05, 3.63) is 29.5 Å². The van der Waals surface area contributed by atoms with E-state index in [2.05, 4.69) is 10.1 Å². The Morgan fingerprint density at radius 2 is 2.10 bits per heavy atom. The summed E-state index contributed by atoms with van der Waals surface area (Å²) in [5.74, 6) is 0.718. The lowest BCUT2D eigenvalue weighted by molar-refractivity contribution is 0.594. The molecule has 0 saturated heterocycles. The molecule has 0 unspecified atom stereocenters. The molecule has 20 heavy (non-hydrogen) atoms. The fourth-order valence-corrected chi connectivity index (χ4v) is 2.62. The zero-order valence-corrected chi connectivity index (χ0v) is 12.7. The Morgan fingerprint density at radius 3 is 2.60 bits per heavy atom. The first-order valence-corrected chi connectivity index (χ1v) is 7.94. The molecule has 0 aromatic carbocycles. The number of hydrogen-bond donors (Lipinski definition) is 1. The van der Waals surface area contributed by atoms with Crippen LogP contribution in [0, 0.1) is 6.92 Å². The predicted molar refractivity (Wildman–Crippen MR) is 74.6 cm³/mol. The second kappa shape index (κ2) is 5.37. The van der Waals surface area contributed by atoms with Crippen LogP contribution < -0.4 is 5.14 Å². The van der Waals surface area contributed by atoms with Crippen LogP contribution in [0.5, 0.6) is 0 Å². The third kappa shape index (κ3) is 3.07. The van der Waals surface area contributed by atoms with Gasteiger partial charge in [0.25, 0.3) is 10.0 Å². The molecule has 0 radical (unpaired) electrons. The van der Waals surface area contributed by atoms with Gasteiger partial charge in [0.05, 0.1) is 17.9 Å². The van der Waals surface area contributed by atoms with Crippen LogP contribution in [0.3, 0.4) is 0 Å². The summed E-state index contributed by atoms with van der Waals surface area (Å²) in [5.41, 5.74) is 1.91. The molecule has 2 aromatic heterocycles. The second-order valence-corrected chi connectivity index (χ2v) is 6.33.